The molecule has 3 aromatic rings. The standard InChI is InChI=1S/C22H22N4O2/c1-15-23-20(22(27)25-18-8-5-9-19(12-18)28-2)13-21(24-15)26-11-10-16-6-3-4-7-17(16)14-26/h3-9,12-13H,10-11,14H2,1-2H3,(H,25,27). The molecule has 0 spiro atoms. The summed E-state index contributed by atoms with van der Waals surface area (Å²) < 4.78 is 5.20. The first-order chi connectivity index (χ1) is 13.6. The number of ether oxygens (including phenoxy) is 1. The smallest absolute Gasteiger partial charge is 0.274 e. The predicted octanol–water partition coefficient (Wildman–Crippen LogP) is 3.61. The van der Waals surface area contributed by atoms with E-state index >= 15 is 0 Å². The summed E-state index contributed by atoms with van der Waals surface area (Å²) in [6, 6.07) is 17.5. The Kier molecular flexibility index (Phi) is 4.93. The summed E-state index contributed by atoms with van der Waals surface area (Å²) in [6.07, 6.45) is 0.963. The van der Waals surface area contributed by atoms with Gasteiger partial charge >= 0.3 is 0 Å². The Morgan fingerprint density at radius 1 is 1.07 bits per heavy atom. The van der Waals surface area contributed by atoms with E-state index in [0.29, 0.717) is 23.0 Å². The number of carbonyl (C=O) groups excluding carboxylic acids is 1. The molecule has 0 bridgehead atoms. The summed E-state index contributed by atoms with van der Waals surface area (Å²) in [4.78, 5) is 23.8. The van der Waals surface area contributed by atoms with Gasteiger partial charge in [0.2, 0.25) is 0 Å². The molecule has 1 aliphatic rings. The van der Waals surface area contributed by atoms with Crippen molar-refractivity contribution in [2.24, 2.45) is 0 Å². The molecule has 2 heterocycles. The lowest BCUT2D eigenvalue weighted by molar-refractivity contribution is 0.102. The topological polar surface area (TPSA) is 67.3 Å². The lowest BCUT2D eigenvalue weighted by Crippen LogP contribution is -2.31. The highest BCUT2D eigenvalue weighted by molar-refractivity contribution is 6.03. The number of carbonyl (C=O) groups is 1. The van der Waals surface area contributed by atoms with Crippen LogP contribution in [0.3, 0.4) is 0 Å². The maximum absolute atomic E-state index is 12.7. The number of benzene rings is 2. The van der Waals surface area contributed by atoms with Gasteiger partial charge in [0.15, 0.2) is 0 Å². The molecule has 1 aliphatic heterocycles. The zero-order valence-corrected chi connectivity index (χ0v) is 16.0. The molecule has 2 aromatic carbocycles. The van der Waals surface area contributed by atoms with Crippen LogP contribution in [-0.2, 0) is 13.0 Å². The number of nitrogens with zero attached hydrogens (tertiary/aromatic N) is 3. The molecular weight excluding hydrogens is 352 g/mol. The van der Waals surface area contributed by atoms with Crippen molar-refractivity contribution < 1.29 is 9.53 Å². The fourth-order valence-electron chi connectivity index (χ4n) is 3.42. The third kappa shape index (κ3) is 3.81. The lowest BCUT2D eigenvalue weighted by Gasteiger charge is -2.30. The Balaban J connectivity index is 1.56. The van der Waals surface area contributed by atoms with Gasteiger partial charge in [0.05, 0.1) is 7.11 Å². The first-order valence-corrected chi connectivity index (χ1v) is 9.25. The van der Waals surface area contributed by atoms with Crippen LogP contribution in [0.2, 0.25) is 0 Å². The molecule has 28 heavy (non-hydrogen) atoms. The molecule has 4 rings (SSSR count). The van der Waals surface area contributed by atoms with Gasteiger partial charge in [0.1, 0.15) is 23.1 Å². The largest absolute Gasteiger partial charge is 0.497 e. The fourth-order valence-corrected chi connectivity index (χ4v) is 3.42. The molecule has 0 atom stereocenters. The average molecular weight is 374 g/mol. The minimum Gasteiger partial charge on any atom is -0.497 e. The zero-order chi connectivity index (χ0) is 19.5. The molecule has 0 unspecified atom stereocenters. The number of fused-ring (bicyclic) bond motifs is 1. The molecule has 0 saturated heterocycles. The molecular formula is C22H22N4O2. The molecule has 1 aromatic heterocycles. The summed E-state index contributed by atoms with van der Waals surface area (Å²) in [5.74, 6) is 1.77. The number of aryl methyl sites for hydroxylation is 1. The van der Waals surface area contributed by atoms with Crippen molar-refractivity contribution in [1.82, 2.24) is 9.97 Å². The number of nitrogens with one attached hydrogen (secondary N) is 1. The summed E-state index contributed by atoms with van der Waals surface area (Å²) in [7, 11) is 1.60. The van der Waals surface area contributed by atoms with Crippen LogP contribution >= 0.6 is 0 Å². The predicted molar refractivity (Wildman–Crippen MR) is 109 cm³/mol. The maximum atomic E-state index is 12.7. The zero-order valence-electron chi connectivity index (χ0n) is 16.0. The van der Waals surface area contributed by atoms with E-state index in [1.165, 1.54) is 11.1 Å². The van der Waals surface area contributed by atoms with Gasteiger partial charge in [0, 0.05) is 30.9 Å². The van der Waals surface area contributed by atoms with Gasteiger partial charge in [-0.25, -0.2) is 9.97 Å². The van der Waals surface area contributed by atoms with Crippen LogP contribution in [0.15, 0.2) is 54.6 Å². The van der Waals surface area contributed by atoms with Crippen LogP contribution in [0.5, 0.6) is 5.75 Å². The molecule has 0 radical (unpaired) electrons. The van der Waals surface area contributed by atoms with Crippen molar-refractivity contribution in [2.45, 2.75) is 19.9 Å². The first-order valence-electron chi connectivity index (χ1n) is 9.25. The summed E-state index contributed by atoms with van der Waals surface area (Å²) >= 11 is 0. The minimum absolute atomic E-state index is 0.266. The Morgan fingerprint density at radius 2 is 1.89 bits per heavy atom. The third-order valence-electron chi connectivity index (χ3n) is 4.84. The second-order valence-corrected chi connectivity index (χ2v) is 6.78. The van der Waals surface area contributed by atoms with Crippen molar-refractivity contribution in [3.8, 4) is 5.75 Å². The van der Waals surface area contributed by atoms with Crippen LogP contribution in [0, 0.1) is 6.92 Å². The Hall–Kier alpha value is -3.41. The van der Waals surface area contributed by atoms with Crippen LogP contribution in [0.4, 0.5) is 11.5 Å². The SMILES string of the molecule is COc1cccc(NC(=O)c2cc(N3CCc4ccccc4C3)nc(C)n2)c1. The maximum Gasteiger partial charge on any atom is 0.274 e. The summed E-state index contributed by atoms with van der Waals surface area (Å²) in [5.41, 5.74) is 3.69. The second-order valence-electron chi connectivity index (χ2n) is 6.78. The van der Waals surface area contributed by atoms with E-state index in [-0.39, 0.29) is 5.91 Å². The molecule has 0 saturated carbocycles. The second kappa shape index (κ2) is 7.68. The molecule has 0 fully saturated rings. The van der Waals surface area contributed by atoms with E-state index in [2.05, 4.69) is 44.5 Å². The van der Waals surface area contributed by atoms with Crippen LogP contribution in [-0.4, -0.2) is 29.5 Å². The van der Waals surface area contributed by atoms with Crippen LogP contribution in [0.1, 0.15) is 27.4 Å². The summed E-state index contributed by atoms with van der Waals surface area (Å²) in [6.45, 7) is 3.46. The van der Waals surface area contributed by atoms with E-state index in [1.54, 1.807) is 19.2 Å². The van der Waals surface area contributed by atoms with Crippen molar-refractivity contribution in [3.05, 3.63) is 77.2 Å². The van der Waals surface area contributed by atoms with Crippen LogP contribution < -0.4 is 15.0 Å². The normalized spacial score (nSPS) is 13.0. The number of amides is 1. The molecule has 6 heteroatoms. The van der Waals surface area contributed by atoms with E-state index in [0.717, 1.165) is 25.3 Å². The van der Waals surface area contributed by atoms with E-state index in [1.807, 2.05) is 25.1 Å². The Bertz CT molecular complexity index is 1020. The van der Waals surface area contributed by atoms with Gasteiger partial charge in [-0.15, -0.1) is 0 Å². The van der Waals surface area contributed by atoms with Gasteiger partial charge < -0.3 is 15.0 Å². The van der Waals surface area contributed by atoms with Crippen molar-refractivity contribution >= 4 is 17.4 Å². The van der Waals surface area contributed by atoms with Crippen LogP contribution in [0.25, 0.3) is 0 Å². The van der Waals surface area contributed by atoms with Gasteiger partial charge in [-0.1, -0.05) is 30.3 Å². The number of rotatable bonds is 4. The monoisotopic (exact) mass is 374 g/mol. The molecule has 142 valence electrons. The van der Waals surface area contributed by atoms with E-state index in [9.17, 15) is 4.79 Å². The highest BCUT2D eigenvalue weighted by Gasteiger charge is 2.19. The Morgan fingerprint density at radius 3 is 2.71 bits per heavy atom. The van der Waals surface area contributed by atoms with E-state index < -0.39 is 0 Å². The number of hydrogen-bond acceptors (Lipinski definition) is 5. The number of anilines is 2. The third-order valence-corrected chi connectivity index (χ3v) is 4.84. The number of aromatic nitrogens is 2. The lowest BCUT2D eigenvalue weighted by atomic mass is 10.00. The van der Waals surface area contributed by atoms with Gasteiger partial charge in [0.25, 0.3) is 5.91 Å². The fraction of sp³-hybridized carbons (Fsp3) is 0.227. The summed E-state index contributed by atoms with van der Waals surface area (Å²) in [5, 5.41) is 2.88. The van der Waals surface area contributed by atoms with E-state index in [4.69, 9.17) is 4.74 Å². The molecule has 1 amide bonds. The quantitative estimate of drug-likeness (QED) is 0.756. The highest BCUT2D eigenvalue weighted by Crippen LogP contribution is 2.24. The number of hydrogen-bond donors (Lipinski definition) is 1. The van der Waals surface area contributed by atoms with Crippen molar-refractivity contribution in [1.29, 1.82) is 0 Å². The number of methoxy groups -OCH3 is 1. The minimum atomic E-state index is -0.266. The average Bonchev–Trinajstić information content (AvgIpc) is 2.73. The highest BCUT2D eigenvalue weighted by atomic mass is 16.5. The molecule has 6 nitrogen and oxygen atoms in total. The van der Waals surface area contributed by atoms with Crippen molar-refractivity contribution in [2.75, 3.05) is 23.9 Å². The Labute approximate surface area is 164 Å². The first kappa shape index (κ1) is 18.0. The van der Waals surface area contributed by atoms with Gasteiger partial charge in [-0.05, 0) is 36.6 Å². The molecule has 1 N–H and O–H groups in total. The van der Waals surface area contributed by atoms with Crippen molar-refractivity contribution in [3.63, 3.8) is 0 Å². The molecule has 0 aliphatic carbocycles. The van der Waals surface area contributed by atoms with Gasteiger partial charge in [-0.3, -0.25) is 4.79 Å². The van der Waals surface area contributed by atoms with Gasteiger partial charge in [-0.2, -0.15) is 0 Å².